The van der Waals surface area contributed by atoms with E-state index >= 15 is 0 Å². The summed E-state index contributed by atoms with van der Waals surface area (Å²) in [5.41, 5.74) is 3.43. The molecule has 0 aliphatic rings. The van der Waals surface area contributed by atoms with Gasteiger partial charge in [-0.25, -0.2) is 18.2 Å². The number of hydrogen-bond donors (Lipinski definition) is 2. The van der Waals surface area contributed by atoms with E-state index in [0.717, 1.165) is 0 Å². The zero-order chi connectivity index (χ0) is 22.2. The number of aryl methyl sites for hydroxylation is 1. The van der Waals surface area contributed by atoms with Crippen LogP contribution in [-0.2, 0) is 14.8 Å². The van der Waals surface area contributed by atoms with Crippen molar-refractivity contribution in [2.45, 2.75) is 11.8 Å². The highest BCUT2D eigenvalue weighted by Gasteiger charge is 2.17. The minimum Gasteiger partial charge on any atom is -0.465 e. The fraction of sp³-hybridized carbons (Fsp3) is 0.0909. The van der Waals surface area contributed by atoms with Crippen LogP contribution >= 0.6 is 11.6 Å². The van der Waals surface area contributed by atoms with Crippen LogP contribution in [0.25, 0.3) is 22.4 Å². The molecule has 2 N–H and O–H groups in total. The molecule has 0 aliphatic carbocycles. The molecule has 0 saturated carbocycles. The van der Waals surface area contributed by atoms with Crippen molar-refractivity contribution in [3.05, 3.63) is 76.8 Å². The second-order valence-corrected chi connectivity index (χ2v) is 9.02. The Labute approximate surface area is 184 Å². The van der Waals surface area contributed by atoms with E-state index in [9.17, 15) is 13.2 Å². The lowest BCUT2D eigenvalue weighted by Crippen LogP contribution is -2.13. The number of carbonyl (C=O) groups excluding carboxylic acids is 1. The SMILES string of the molecule is COC(=O)c1ccc2nc(-c3cccc(S(=O)(=O)Nc4ccc(Cl)cc4C)c3)[nH]c2c1. The van der Waals surface area contributed by atoms with Gasteiger partial charge >= 0.3 is 5.97 Å². The van der Waals surface area contributed by atoms with E-state index in [1.165, 1.54) is 19.2 Å². The number of carbonyl (C=O) groups is 1. The largest absolute Gasteiger partial charge is 0.465 e. The molecule has 4 rings (SSSR count). The van der Waals surface area contributed by atoms with Crippen LogP contribution in [0.3, 0.4) is 0 Å². The van der Waals surface area contributed by atoms with Gasteiger partial charge < -0.3 is 9.72 Å². The normalized spacial score (nSPS) is 11.5. The summed E-state index contributed by atoms with van der Waals surface area (Å²) in [5.74, 6) is 0.0337. The lowest BCUT2D eigenvalue weighted by molar-refractivity contribution is 0.0601. The van der Waals surface area contributed by atoms with Crippen LogP contribution < -0.4 is 4.72 Å². The molecule has 0 saturated heterocycles. The van der Waals surface area contributed by atoms with Crippen molar-refractivity contribution < 1.29 is 17.9 Å². The fourth-order valence-corrected chi connectivity index (χ4v) is 4.55. The molecule has 1 aromatic heterocycles. The van der Waals surface area contributed by atoms with Crippen LogP contribution in [0.15, 0.2) is 65.6 Å². The van der Waals surface area contributed by atoms with Gasteiger partial charge in [0, 0.05) is 10.6 Å². The number of nitrogens with one attached hydrogen (secondary N) is 2. The highest BCUT2D eigenvalue weighted by Crippen LogP contribution is 2.26. The van der Waals surface area contributed by atoms with Gasteiger partial charge in [0.2, 0.25) is 0 Å². The molecule has 0 spiro atoms. The number of ether oxygens (including phenoxy) is 1. The first-order valence-electron chi connectivity index (χ1n) is 9.24. The molecule has 4 aromatic rings. The molecule has 1 heterocycles. The molecule has 9 heteroatoms. The molecular weight excluding hydrogens is 438 g/mol. The Balaban J connectivity index is 1.68. The summed E-state index contributed by atoms with van der Waals surface area (Å²) in [7, 11) is -2.51. The van der Waals surface area contributed by atoms with E-state index in [2.05, 4.69) is 14.7 Å². The monoisotopic (exact) mass is 455 g/mol. The Morgan fingerprint density at radius 1 is 1.10 bits per heavy atom. The number of imidazole rings is 1. The maximum absolute atomic E-state index is 12.9. The molecule has 0 fully saturated rings. The van der Waals surface area contributed by atoms with Gasteiger partial charge in [0.05, 0.1) is 34.3 Å². The van der Waals surface area contributed by atoms with Crippen molar-refractivity contribution in [1.82, 2.24) is 9.97 Å². The molecular formula is C22H18ClN3O4S. The lowest BCUT2D eigenvalue weighted by atomic mass is 10.2. The van der Waals surface area contributed by atoms with Crippen molar-refractivity contribution in [1.29, 1.82) is 0 Å². The molecule has 7 nitrogen and oxygen atoms in total. The summed E-state index contributed by atoms with van der Waals surface area (Å²) in [4.78, 5) is 19.5. The number of benzene rings is 3. The number of aromatic amines is 1. The molecule has 0 amide bonds. The average molecular weight is 456 g/mol. The van der Waals surface area contributed by atoms with Crippen LogP contribution in [0.5, 0.6) is 0 Å². The van der Waals surface area contributed by atoms with E-state index in [0.29, 0.717) is 44.3 Å². The van der Waals surface area contributed by atoms with Crippen LogP contribution in [0, 0.1) is 6.92 Å². The third-order valence-electron chi connectivity index (χ3n) is 4.75. The predicted molar refractivity (Wildman–Crippen MR) is 120 cm³/mol. The van der Waals surface area contributed by atoms with Crippen LogP contribution in [0.2, 0.25) is 5.02 Å². The van der Waals surface area contributed by atoms with Gasteiger partial charge in [-0.15, -0.1) is 0 Å². The van der Waals surface area contributed by atoms with Gasteiger partial charge in [0.15, 0.2) is 0 Å². The lowest BCUT2D eigenvalue weighted by Gasteiger charge is -2.11. The minimum absolute atomic E-state index is 0.0926. The van der Waals surface area contributed by atoms with Gasteiger partial charge in [0.25, 0.3) is 10.0 Å². The third kappa shape index (κ3) is 4.26. The zero-order valence-electron chi connectivity index (χ0n) is 16.6. The van der Waals surface area contributed by atoms with Crippen molar-refractivity contribution in [3.63, 3.8) is 0 Å². The van der Waals surface area contributed by atoms with Crippen LogP contribution in [-0.4, -0.2) is 31.5 Å². The second-order valence-electron chi connectivity index (χ2n) is 6.90. The second kappa shape index (κ2) is 8.05. The Morgan fingerprint density at radius 3 is 2.65 bits per heavy atom. The maximum Gasteiger partial charge on any atom is 0.337 e. The van der Waals surface area contributed by atoms with E-state index in [1.807, 2.05) is 0 Å². The molecule has 31 heavy (non-hydrogen) atoms. The predicted octanol–water partition coefficient (Wildman–Crippen LogP) is 4.78. The van der Waals surface area contributed by atoms with Crippen LogP contribution in [0.1, 0.15) is 15.9 Å². The fourth-order valence-electron chi connectivity index (χ4n) is 3.15. The van der Waals surface area contributed by atoms with Crippen molar-refractivity contribution in [2.24, 2.45) is 0 Å². The molecule has 0 unspecified atom stereocenters. The third-order valence-corrected chi connectivity index (χ3v) is 6.35. The first-order chi connectivity index (χ1) is 14.8. The average Bonchev–Trinajstić information content (AvgIpc) is 3.18. The smallest absolute Gasteiger partial charge is 0.337 e. The molecule has 3 aromatic carbocycles. The van der Waals surface area contributed by atoms with Crippen molar-refractivity contribution in [2.75, 3.05) is 11.8 Å². The Hall–Kier alpha value is -3.36. The van der Waals surface area contributed by atoms with Crippen molar-refractivity contribution >= 4 is 44.3 Å². The number of anilines is 1. The van der Waals surface area contributed by atoms with E-state index in [-0.39, 0.29) is 4.90 Å². The van der Waals surface area contributed by atoms with Gasteiger partial charge in [-0.1, -0.05) is 23.7 Å². The Bertz CT molecular complexity index is 1410. The topological polar surface area (TPSA) is 101 Å². The van der Waals surface area contributed by atoms with Gasteiger partial charge in [0.1, 0.15) is 5.82 Å². The number of aromatic nitrogens is 2. The highest BCUT2D eigenvalue weighted by atomic mass is 35.5. The maximum atomic E-state index is 12.9. The summed E-state index contributed by atoms with van der Waals surface area (Å²) < 4.78 is 33.2. The summed E-state index contributed by atoms with van der Waals surface area (Å²) in [6.07, 6.45) is 0. The van der Waals surface area contributed by atoms with Gasteiger partial charge in [-0.05, 0) is 61.0 Å². The van der Waals surface area contributed by atoms with Crippen molar-refractivity contribution in [3.8, 4) is 11.4 Å². The number of H-pyrrole nitrogens is 1. The van der Waals surface area contributed by atoms with Crippen LogP contribution in [0.4, 0.5) is 5.69 Å². The summed E-state index contributed by atoms with van der Waals surface area (Å²) >= 11 is 5.95. The number of nitrogens with zero attached hydrogens (tertiary/aromatic N) is 1. The number of esters is 1. The first kappa shape index (κ1) is 20.9. The highest BCUT2D eigenvalue weighted by molar-refractivity contribution is 7.92. The van der Waals surface area contributed by atoms with E-state index < -0.39 is 16.0 Å². The molecule has 0 aliphatic heterocycles. The van der Waals surface area contributed by atoms with E-state index in [1.54, 1.807) is 55.5 Å². The quantitative estimate of drug-likeness (QED) is 0.422. The molecule has 0 radical (unpaired) electrons. The van der Waals surface area contributed by atoms with Gasteiger partial charge in [-0.3, -0.25) is 4.72 Å². The summed E-state index contributed by atoms with van der Waals surface area (Å²) in [6.45, 7) is 1.77. The number of halogens is 1. The summed E-state index contributed by atoms with van der Waals surface area (Å²) in [5, 5.41) is 0.530. The first-order valence-corrected chi connectivity index (χ1v) is 11.1. The Kier molecular flexibility index (Phi) is 5.43. The Morgan fingerprint density at radius 2 is 1.90 bits per heavy atom. The number of sulfonamides is 1. The molecule has 0 bridgehead atoms. The zero-order valence-corrected chi connectivity index (χ0v) is 18.2. The number of methoxy groups -OCH3 is 1. The number of fused-ring (bicyclic) bond motifs is 1. The number of hydrogen-bond acceptors (Lipinski definition) is 5. The number of rotatable bonds is 5. The molecule has 158 valence electrons. The standard InChI is InChI=1S/C22H18ClN3O4S/c1-13-10-16(23)7-9-18(13)26-31(28,29)17-5-3-4-14(11-17)21-24-19-8-6-15(22(27)30-2)12-20(19)25-21/h3-12,26H,1-2H3,(H,24,25). The minimum atomic E-state index is -3.83. The van der Waals surface area contributed by atoms with Gasteiger partial charge in [-0.2, -0.15) is 0 Å². The summed E-state index contributed by atoms with van der Waals surface area (Å²) in [6, 6.07) is 16.3. The molecule has 0 atom stereocenters. The van der Waals surface area contributed by atoms with E-state index in [4.69, 9.17) is 16.3 Å².